The highest BCUT2D eigenvalue weighted by Crippen LogP contribution is 2.12. The molecule has 1 atom stereocenters. The van der Waals surface area contributed by atoms with E-state index in [1.165, 1.54) is 25.7 Å². The molecule has 0 saturated carbocycles. The normalized spacial score (nSPS) is 13.3. The molecule has 0 aromatic carbocycles. The summed E-state index contributed by atoms with van der Waals surface area (Å²) in [4.78, 5) is 38.1. The van der Waals surface area contributed by atoms with E-state index in [9.17, 15) is 14.4 Å². The van der Waals surface area contributed by atoms with Gasteiger partial charge in [-0.3, -0.25) is 14.4 Å². The minimum Gasteiger partial charge on any atom is -0.462 e. The lowest BCUT2D eigenvalue weighted by Crippen LogP contribution is -2.30. The molecule has 0 heterocycles. The molecule has 0 amide bonds. The largest absolute Gasteiger partial charge is 0.462 e. The highest BCUT2D eigenvalue weighted by molar-refractivity contribution is 5.71. The van der Waals surface area contributed by atoms with Crippen LogP contribution in [0, 0.1) is 0 Å². The third-order valence-corrected chi connectivity index (χ3v) is 10.8. The Morgan fingerprint density at radius 2 is 0.594 bits per heavy atom. The molecule has 386 valence electrons. The molecule has 0 radical (unpaired) electrons. The highest BCUT2D eigenvalue weighted by Gasteiger charge is 2.19. The second-order valence-corrected chi connectivity index (χ2v) is 17.4. The first-order valence-electron chi connectivity index (χ1n) is 27.3. The van der Waals surface area contributed by atoms with Gasteiger partial charge in [-0.15, -0.1) is 0 Å². The molecule has 0 aromatic heterocycles. The fourth-order valence-corrected chi connectivity index (χ4v) is 6.78. The van der Waals surface area contributed by atoms with Crippen molar-refractivity contribution in [2.24, 2.45) is 0 Å². The van der Waals surface area contributed by atoms with Crippen LogP contribution in [-0.4, -0.2) is 37.2 Å². The van der Waals surface area contributed by atoms with Gasteiger partial charge in [-0.1, -0.05) is 212 Å². The average Bonchev–Trinajstić information content (AvgIpc) is 3.35. The van der Waals surface area contributed by atoms with Gasteiger partial charge in [-0.25, -0.2) is 0 Å². The summed E-state index contributed by atoms with van der Waals surface area (Å²) in [5, 5.41) is 0. The molecular weight excluding hydrogens is 853 g/mol. The van der Waals surface area contributed by atoms with Gasteiger partial charge in [0.15, 0.2) is 6.10 Å². The van der Waals surface area contributed by atoms with Gasteiger partial charge in [0.2, 0.25) is 0 Å². The number of hydrogen-bond donors (Lipinski definition) is 0. The van der Waals surface area contributed by atoms with Gasteiger partial charge < -0.3 is 14.2 Å². The first-order chi connectivity index (χ1) is 34.0. The molecule has 0 N–H and O–H groups in total. The van der Waals surface area contributed by atoms with E-state index in [2.05, 4.69) is 154 Å². The summed E-state index contributed by atoms with van der Waals surface area (Å²) in [6.45, 7) is 6.27. The molecule has 69 heavy (non-hydrogen) atoms. The van der Waals surface area contributed by atoms with Crippen molar-refractivity contribution in [3.63, 3.8) is 0 Å². The van der Waals surface area contributed by atoms with Crippen molar-refractivity contribution < 1.29 is 28.6 Å². The molecule has 0 aromatic rings. The number of allylic oxidation sites excluding steroid dienone is 24. The van der Waals surface area contributed by atoms with Crippen LogP contribution in [0.2, 0.25) is 0 Å². The summed E-state index contributed by atoms with van der Waals surface area (Å²) in [6, 6.07) is 0. The maximum Gasteiger partial charge on any atom is 0.306 e. The van der Waals surface area contributed by atoms with Crippen LogP contribution in [0.3, 0.4) is 0 Å². The zero-order chi connectivity index (χ0) is 50.0. The molecular formula is C63H98O6. The Labute approximate surface area is 423 Å². The van der Waals surface area contributed by atoms with Crippen LogP contribution in [0.4, 0.5) is 0 Å². The minimum absolute atomic E-state index is 0.126. The summed E-state index contributed by atoms with van der Waals surface area (Å²) >= 11 is 0. The van der Waals surface area contributed by atoms with Crippen molar-refractivity contribution in [3.05, 3.63) is 146 Å². The summed E-state index contributed by atoms with van der Waals surface area (Å²) in [6.07, 6.45) is 79.8. The number of esters is 3. The Balaban J connectivity index is 4.60. The SMILES string of the molecule is CC/C=C\C/C=C\C/C=C\C/C=C\C/C=C\C/C=C\CCC(=O)OC[C@H](COC(=O)CCCCCCC/C=C\C/C=C\C/C=C\CC)OC(=O)CCCCCC/C=C\C/C=C\C/C=C\CCCCC. The number of carbonyl (C=O) groups excluding carboxylic acids is 3. The lowest BCUT2D eigenvalue weighted by atomic mass is 10.1. The standard InChI is InChI=1S/C63H98O6/c1-4-7-10-13-16-19-22-25-28-30-31-33-35-38-41-44-47-50-53-56-62(65)68-59-60(58-67-61(64)55-52-49-46-43-40-37-34-27-24-21-18-15-12-9-6-3)69-63(66)57-54-51-48-45-42-39-36-32-29-26-23-20-17-14-11-8-5-2/h7,9-10,12,16-21,25-29,31,33-34,36,38-39,41,47,50,60H,4-6,8,11,13-15,22-24,30,32,35,37,40,42-46,48-49,51-59H2,1-3H3/b10-7-,12-9-,19-16-,20-17-,21-18-,28-25-,29-26-,33-31-,34-27-,39-36-,41-38-,50-47-/t60-/m0/s1. The van der Waals surface area contributed by atoms with Crippen molar-refractivity contribution in [2.45, 2.75) is 219 Å². The lowest BCUT2D eigenvalue weighted by molar-refractivity contribution is -0.166. The van der Waals surface area contributed by atoms with Gasteiger partial charge in [0.25, 0.3) is 0 Å². The summed E-state index contributed by atoms with van der Waals surface area (Å²) in [5.74, 6) is -1.06. The number of hydrogen-bond acceptors (Lipinski definition) is 6. The molecule has 0 aliphatic carbocycles. The van der Waals surface area contributed by atoms with Crippen LogP contribution in [0.15, 0.2) is 146 Å². The van der Waals surface area contributed by atoms with Crippen molar-refractivity contribution in [3.8, 4) is 0 Å². The van der Waals surface area contributed by atoms with E-state index in [-0.39, 0.29) is 44.0 Å². The smallest absolute Gasteiger partial charge is 0.306 e. The van der Waals surface area contributed by atoms with Crippen LogP contribution < -0.4 is 0 Å². The van der Waals surface area contributed by atoms with Gasteiger partial charge in [0.1, 0.15) is 13.2 Å². The number of carbonyl (C=O) groups is 3. The van der Waals surface area contributed by atoms with Crippen molar-refractivity contribution in [1.29, 1.82) is 0 Å². The van der Waals surface area contributed by atoms with Crippen molar-refractivity contribution in [1.82, 2.24) is 0 Å². The van der Waals surface area contributed by atoms with Crippen molar-refractivity contribution in [2.75, 3.05) is 13.2 Å². The minimum atomic E-state index is -0.835. The summed E-state index contributed by atoms with van der Waals surface area (Å²) in [5.41, 5.74) is 0. The van der Waals surface area contributed by atoms with E-state index in [1.807, 2.05) is 12.2 Å². The first-order valence-corrected chi connectivity index (χ1v) is 27.3. The van der Waals surface area contributed by atoms with Gasteiger partial charge in [0, 0.05) is 19.3 Å². The molecule has 0 bridgehead atoms. The van der Waals surface area contributed by atoms with E-state index in [4.69, 9.17) is 14.2 Å². The average molecular weight is 951 g/mol. The molecule has 0 aliphatic rings. The van der Waals surface area contributed by atoms with E-state index in [1.54, 1.807) is 0 Å². The highest BCUT2D eigenvalue weighted by atomic mass is 16.6. The van der Waals surface area contributed by atoms with Gasteiger partial charge in [-0.2, -0.15) is 0 Å². The molecule has 6 nitrogen and oxygen atoms in total. The third kappa shape index (κ3) is 54.1. The number of unbranched alkanes of at least 4 members (excludes halogenated alkanes) is 12. The fourth-order valence-electron chi connectivity index (χ4n) is 6.78. The van der Waals surface area contributed by atoms with Gasteiger partial charge in [0.05, 0.1) is 0 Å². The van der Waals surface area contributed by atoms with E-state index < -0.39 is 6.10 Å². The molecule has 0 unspecified atom stereocenters. The topological polar surface area (TPSA) is 78.9 Å². The van der Waals surface area contributed by atoms with E-state index in [0.717, 1.165) is 141 Å². The second-order valence-electron chi connectivity index (χ2n) is 17.4. The Bertz CT molecular complexity index is 1560. The van der Waals surface area contributed by atoms with Crippen LogP contribution in [0.25, 0.3) is 0 Å². The zero-order valence-electron chi connectivity index (χ0n) is 44.0. The van der Waals surface area contributed by atoms with E-state index in [0.29, 0.717) is 12.8 Å². The van der Waals surface area contributed by atoms with Crippen LogP contribution in [0.1, 0.15) is 213 Å². The Hall–Kier alpha value is -4.71. The number of rotatable bonds is 47. The molecule has 0 fully saturated rings. The van der Waals surface area contributed by atoms with Gasteiger partial charge >= 0.3 is 17.9 Å². The third-order valence-electron chi connectivity index (χ3n) is 10.8. The Morgan fingerprint density at radius 1 is 0.304 bits per heavy atom. The monoisotopic (exact) mass is 951 g/mol. The summed E-state index contributed by atoms with van der Waals surface area (Å²) < 4.78 is 16.7. The van der Waals surface area contributed by atoms with Crippen LogP contribution in [0.5, 0.6) is 0 Å². The fraction of sp³-hybridized carbons (Fsp3) is 0.571. The van der Waals surface area contributed by atoms with Crippen LogP contribution in [-0.2, 0) is 28.6 Å². The molecule has 0 rings (SSSR count). The Kier molecular flexibility index (Phi) is 52.1. The predicted octanol–water partition coefficient (Wildman–Crippen LogP) is 18.4. The summed E-state index contributed by atoms with van der Waals surface area (Å²) in [7, 11) is 0. The molecule has 0 aliphatic heterocycles. The lowest BCUT2D eigenvalue weighted by Gasteiger charge is -2.18. The predicted molar refractivity (Wildman–Crippen MR) is 297 cm³/mol. The van der Waals surface area contributed by atoms with Gasteiger partial charge in [-0.05, 0) is 128 Å². The molecule has 0 spiro atoms. The Morgan fingerprint density at radius 3 is 0.971 bits per heavy atom. The molecule has 6 heteroatoms. The maximum absolute atomic E-state index is 12.8. The number of ether oxygens (including phenoxy) is 3. The second kappa shape index (κ2) is 55.9. The maximum atomic E-state index is 12.8. The quantitative estimate of drug-likeness (QED) is 0.0262. The molecule has 0 saturated heterocycles. The van der Waals surface area contributed by atoms with Crippen molar-refractivity contribution >= 4 is 17.9 Å². The van der Waals surface area contributed by atoms with Crippen LogP contribution >= 0.6 is 0 Å². The first kappa shape index (κ1) is 64.3. The zero-order valence-corrected chi connectivity index (χ0v) is 44.0. The van der Waals surface area contributed by atoms with E-state index >= 15 is 0 Å².